The normalized spacial score (nSPS) is 13.1. The molecular weight excluding hydrogens is 182 g/mol. The number of H-pyrrole nitrogens is 1. The van der Waals surface area contributed by atoms with Crippen LogP contribution < -0.4 is 10.6 Å². The van der Waals surface area contributed by atoms with Crippen molar-refractivity contribution >= 4 is 18.7 Å². The lowest BCUT2D eigenvalue weighted by Gasteiger charge is -1.89. The summed E-state index contributed by atoms with van der Waals surface area (Å²) in [6.45, 7) is 11.7. The van der Waals surface area contributed by atoms with Gasteiger partial charge >= 0.3 is 0 Å². The summed E-state index contributed by atoms with van der Waals surface area (Å²) in [6, 6.07) is 0. The van der Waals surface area contributed by atoms with E-state index in [4.69, 9.17) is 0 Å². The van der Waals surface area contributed by atoms with Crippen LogP contribution in [-0.2, 0) is 0 Å². The van der Waals surface area contributed by atoms with Crippen LogP contribution in [0.3, 0.4) is 0 Å². The Hall–Kier alpha value is -1.76. The Balaban J connectivity index is 3.42. The maximum absolute atomic E-state index is 3.98. The number of rotatable bonds is 3. The summed E-state index contributed by atoms with van der Waals surface area (Å²) in [5, 5.41) is 2.10. The summed E-state index contributed by atoms with van der Waals surface area (Å²) in [7, 11) is 0. The van der Waals surface area contributed by atoms with Crippen molar-refractivity contribution in [3.63, 3.8) is 0 Å². The van der Waals surface area contributed by atoms with E-state index in [0.29, 0.717) is 0 Å². The van der Waals surface area contributed by atoms with Crippen LogP contribution in [0, 0.1) is 6.92 Å². The average Bonchev–Trinajstić information content (AvgIpc) is 2.47. The monoisotopic (exact) mass is 199 g/mol. The number of hydrogen-bond acceptors (Lipinski definition) is 0. The maximum atomic E-state index is 3.98. The highest BCUT2D eigenvalue weighted by atomic mass is 14.7. The molecular formula is C14H17N. The number of aromatic nitrogens is 1. The second-order valence-electron chi connectivity index (χ2n) is 3.34. The van der Waals surface area contributed by atoms with E-state index in [1.54, 1.807) is 6.08 Å². The van der Waals surface area contributed by atoms with Crippen molar-refractivity contribution < 1.29 is 0 Å². The second kappa shape index (κ2) is 5.20. The van der Waals surface area contributed by atoms with Gasteiger partial charge in [-0.3, -0.25) is 0 Å². The summed E-state index contributed by atoms with van der Waals surface area (Å²) in [6.07, 6.45) is 11.8. The first-order valence-corrected chi connectivity index (χ1v) is 5.00. The standard InChI is InChI=1S/C14H17N/c1-5-7-9-13-11(3)15-12(4)14(13)10-8-6-2/h5-10,15H,1,4H2,2-3H3/b8-6-,9-7-,14-10+. The zero-order chi connectivity index (χ0) is 11.3. The molecule has 0 aliphatic carbocycles. The smallest absolute Gasteiger partial charge is 0.0389 e. The van der Waals surface area contributed by atoms with Gasteiger partial charge in [0.05, 0.1) is 0 Å². The molecule has 0 unspecified atom stereocenters. The van der Waals surface area contributed by atoms with Crippen LogP contribution in [0.4, 0.5) is 0 Å². The lowest BCUT2D eigenvalue weighted by molar-refractivity contribution is 1.22. The van der Waals surface area contributed by atoms with E-state index in [9.17, 15) is 0 Å². The summed E-state index contributed by atoms with van der Waals surface area (Å²) in [5.74, 6) is 0. The topological polar surface area (TPSA) is 15.8 Å². The Bertz CT molecular complexity index is 498. The molecule has 0 atom stereocenters. The molecule has 1 heteroatoms. The fourth-order valence-corrected chi connectivity index (χ4v) is 1.49. The van der Waals surface area contributed by atoms with Gasteiger partial charge in [-0.25, -0.2) is 0 Å². The van der Waals surface area contributed by atoms with Crippen molar-refractivity contribution in [3.05, 3.63) is 52.7 Å². The van der Waals surface area contributed by atoms with Gasteiger partial charge in [0.1, 0.15) is 0 Å². The largest absolute Gasteiger partial charge is 0.359 e. The van der Waals surface area contributed by atoms with Gasteiger partial charge in [-0.15, -0.1) is 0 Å². The van der Waals surface area contributed by atoms with Gasteiger partial charge in [0.25, 0.3) is 0 Å². The Morgan fingerprint density at radius 2 is 2.00 bits per heavy atom. The SMILES string of the molecule is C=C/C=C\c1c(C)[nH]c(=C)/c1=C\C=C/C. The molecule has 0 saturated carbocycles. The zero-order valence-corrected chi connectivity index (χ0v) is 9.38. The molecule has 1 aromatic rings. The lowest BCUT2D eigenvalue weighted by Crippen LogP contribution is -2.21. The zero-order valence-electron chi connectivity index (χ0n) is 9.38. The van der Waals surface area contributed by atoms with Crippen LogP contribution in [0.1, 0.15) is 18.2 Å². The molecule has 1 heterocycles. The van der Waals surface area contributed by atoms with Gasteiger partial charge in [0.2, 0.25) is 0 Å². The van der Waals surface area contributed by atoms with Gasteiger partial charge in [-0.1, -0.05) is 49.6 Å². The van der Waals surface area contributed by atoms with Gasteiger partial charge < -0.3 is 4.98 Å². The average molecular weight is 199 g/mol. The predicted molar refractivity (Wildman–Crippen MR) is 68.8 cm³/mol. The Morgan fingerprint density at radius 1 is 1.27 bits per heavy atom. The quantitative estimate of drug-likeness (QED) is 0.719. The molecule has 0 bridgehead atoms. The molecule has 0 amide bonds. The molecule has 0 fully saturated rings. The van der Waals surface area contributed by atoms with Crippen molar-refractivity contribution in [2.75, 3.05) is 0 Å². The number of nitrogens with one attached hydrogen (secondary N) is 1. The third kappa shape index (κ3) is 2.59. The molecule has 0 spiro atoms. The fraction of sp³-hybridized carbons (Fsp3) is 0.143. The van der Waals surface area contributed by atoms with Crippen LogP contribution in [0.5, 0.6) is 0 Å². The Morgan fingerprint density at radius 3 is 2.60 bits per heavy atom. The molecule has 1 rings (SSSR count). The number of aromatic amines is 1. The highest BCUT2D eigenvalue weighted by molar-refractivity contribution is 5.58. The summed E-state index contributed by atoms with van der Waals surface area (Å²) in [4.78, 5) is 3.23. The van der Waals surface area contributed by atoms with Crippen molar-refractivity contribution in [2.45, 2.75) is 13.8 Å². The van der Waals surface area contributed by atoms with E-state index in [2.05, 4.69) is 24.2 Å². The van der Waals surface area contributed by atoms with Gasteiger partial charge in [-0.2, -0.15) is 0 Å². The Kier molecular flexibility index (Phi) is 3.92. The lowest BCUT2D eigenvalue weighted by atomic mass is 10.2. The molecule has 15 heavy (non-hydrogen) atoms. The van der Waals surface area contributed by atoms with Crippen molar-refractivity contribution in [2.24, 2.45) is 0 Å². The molecule has 0 saturated heterocycles. The molecule has 1 nitrogen and oxygen atoms in total. The third-order valence-electron chi connectivity index (χ3n) is 2.21. The minimum absolute atomic E-state index is 0.953. The van der Waals surface area contributed by atoms with Crippen molar-refractivity contribution in [3.8, 4) is 0 Å². The molecule has 1 aromatic heterocycles. The minimum atomic E-state index is 0.953. The predicted octanol–water partition coefficient (Wildman–Crippen LogP) is 2.29. The summed E-state index contributed by atoms with van der Waals surface area (Å²) < 4.78 is 0. The maximum Gasteiger partial charge on any atom is 0.0389 e. The molecule has 0 aliphatic rings. The van der Waals surface area contributed by atoms with Gasteiger partial charge in [-0.05, 0) is 13.8 Å². The molecule has 0 aromatic carbocycles. The van der Waals surface area contributed by atoms with Gasteiger partial charge in [0, 0.05) is 21.8 Å². The molecule has 0 radical (unpaired) electrons. The van der Waals surface area contributed by atoms with Crippen LogP contribution in [-0.4, -0.2) is 4.98 Å². The molecule has 78 valence electrons. The van der Waals surface area contributed by atoms with Crippen LogP contribution in [0.25, 0.3) is 18.7 Å². The van der Waals surface area contributed by atoms with Gasteiger partial charge in [0.15, 0.2) is 0 Å². The van der Waals surface area contributed by atoms with E-state index >= 15 is 0 Å². The second-order valence-corrected chi connectivity index (χ2v) is 3.34. The van der Waals surface area contributed by atoms with E-state index in [0.717, 1.165) is 16.3 Å². The van der Waals surface area contributed by atoms with E-state index < -0.39 is 0 Å². The highest BCUT2D eigenvalue weighted by Gasteiger charge is 1.98. The first kappa shape index (κ1) is 11.3. The first-order valence-electron chi connectivity index (χ1n) is 5.00. The molecule has 0 aliphatic heterocycles. The van der Waals surface area contributed by atoms with E-state index in [-0.39, 0.29) is 0 Å². The first-order chi connectivity index (χ1) is 7.20. The van der Waals surface area contributed by atoms with Crippen molar-refractivity contribution in [1.82, 2.24) is 4.98 Å². The molecule has 1 N–H and O–H groups in total. The van der Waals surface area contributed by atoms with E-state index in [1.165, 1.54) is 5.56 Å². The van der Waals surface area contributed by atoms with Crippen LogP contribution in [0.15, 0.2) is 30.9 Å². The van der Waals surface area contributed by atoms with Crippen LogP contribution in [0.2, 0.25) is 0 Å². The minimum Gasteiger partial charge on any atom is -0.359 e. The Labute approximate surface area is 90.8 Å². The fourth-order valence-electron chi connectivity index (χ4n) is 1.49. The summed E-state index contributed by atoms with van der Waals surface area (Å²) >= 11 is 0. The van der Waals surface area contributed by atoms with Crippen molar-refractivity contribution in [1.29, 1.82) is 0 Å². The number of hydrogen-bond donors (Lipinski definition) is 1. The third-order valence-corrected chi connectivity index (χ3v) is 2.21. The van der Waals surface area contributed by atoms with E-state index in [1.807, 2.05) is 38.2 Å². The highest BCUT2D eigenvalue weighted by Crippen LogP contribution is 1.99. The number of aryl methyl sites for hydroxylation is 1. The summed E-state index contributed by atoms with van der Waals surface area (Å²) in [5.41, 5.74) is 2.31. The number of allylic oxidation sites excluding steroid dienone is 4. The van der Waals surface area contributed by atoms with Crippen LogP contribution >= 0.6 is 0 Å².